The Kier molecular flexibility index (Phi) is 4.67. The minimum Gasteiger partial charge on any atom is -0.508 e. The second kappa shape index (κ2) is 6.78. The molecule has 2 aliphatic carbocycles. The fourth-order valence-electron chi connectivity index (χ4n) is 4.55. The summed E-state index contributed by atoms with van der Waals surface area (Å²) in [5.41, 5.74) is 4.75. The van der Waals surface area contributed by atoms with E-state index in [-0.39, 0.29) is 36.3 Å². The van der Waals surface area contributed by atoms with Gasteiger partial charge in [0.15, 0.2) is 6.17 Å². The molecule has 0 bridgehead atoms. The van der Waals surface area contributed by atoms with Crippen LogP contribution < -0.4 is 27.6 Å². The van der Waals surface area contributed by atoms with Gasteiger partial charge < -0.3 is 15.9 Å². The number of likely N-dealkylation sites (tertiary alicyclic amines) is 1. The van der Waals surface area contributed by atoms with Crippen molar-refractivity contribution in [2.75, 3.05) is 19.7 Å². The highest BCUT2D eigenvalue weighted by Crippen LogP contribution is 2.34. The van der Waals surface area contributed by atoms with E-state index < -0.39 is 47.4 Å². The van der Waals surface area contributed by atoms with Crippen molar-refractivity contribution in [3.8, 4) is 0 Å². The van der Waals surface area contributed by atoms with Crippen LogP contribution in [0.25, 0.3) is 11.3 Å². The average Bonchev–Trinajstić information content (AvgIpc) is 3.40. The van der Waals surface area contributed by atoms with Gasteiger partial charge in [-0.15, -0.1) is 0 Å². The van der Waals surface area contributed by atoms with E-state index in [1.54, 1.807) is 6.92 Å². The molecule has 5 N–H and O–H groups in total. The number of H-pyrrole nitrogens is 1. The highest BCUT2D eigenvalue weighted by Gasteiger charge is 2.45. The molecule has 0 radical (unpaired) electrons. The lowest BCUT2D eigenvalue weighted by Gasteiger charge is -2.33. The highest BCUT2D eigenvalue weighted by molar-refractivity contribution is 5.60. The Morgan fingerprint density at radius 1 is 1.29 bits per heavy atom. The number of nitrogens with zero attached hydrogens (tertiary/aromatic N) is 2. The molecule has 28 heavy (non-hydrogen) atoms. The van der Waals surface area contributed by atoms with Crippen LogP contribution in [0.5, 0.6) is 0 Å². The minimum atomic E-state index is -1.94. The van der Waals surface area contributed by atoms with Crippen molar-refractivity contribution in [3.63, 3.8) is 0 Å². The molecule has 1 saturated carbocycles. The molecular weight excluding hydrogens is 374 g/mol. The maximum Gasteiger partial charge on any atom is 0.329 e. The molecule has 154 valence electrons. The van der Waals surface area contributed by atoms with E-state index in [0.29, 0.717) is 5.57 Å². The van der Waals surface area contributed by atoms with E-state index in [0.717, 1.165) is 12.8 Å². The fourth-order valence-corrected chi connectivity index (χ4v) is 4.55. The Bertz CT molecular complexity index is 1030. The number of rotatable bonds is 4. The van der Waals surface area contributed by atoms with Crippen molar-refractivity contribution in [3.05, 3.63) is 31.4 Å². The summed E-state index contributed by atoms with van der Waals surface area (Å²) in [7, 11) is 0. The van der Waals surface area contributed by atoms with Crippen LogP contribution in [0.15, 0.2) is 9.59 Å². The number of hydrogen-bond donors (Lipinski definition) is 4. The van der Waals surface area contributed by atoms with Gasteiger partial charge in [0, 0.05) is 31.1 Å². The van der Waals surface area contributed by atoms with Gasteiger partial charge in [-0.1, -0.05) is 0 Å². The van der Waals surface area contributed by atoms with Gasteiger partial charge in [-0.05, 0) is 25.3 Å². The number of nitrogens with one attached hydrogen (secondary N) is 1. The Morgan fingerprint density at radius 3 is 2.57 bits per heavy atom. The van der Waals surface area contributed by atoms with Gasteiger partial charge >= 0.3 is 5.69 Å². The van der Waals surface area contributed by atoms with Gasteiger partial charge in [0.2, 0.25) is 0 Å². The minimum absolute atomic E-state index is 0.102. The smallest absolute Gasteiger partial charge is 0.329 e. The largest absolute Gasteiger partial charge is 0.508 e. The van der Waals surface area contributed by atoms with Crippen LogP contribution in [0.4, 0.5) is 8.78 Å². The topological polar surface area (TPSA) is 125 Å². The monoisotopic (exact) mass is 398 g/mol. The number of aliphatic hydroxyl groups excluding tert-OH is 2. The Morgan fingerprint density at radius 2 is 1.96 bits per heavy atom. The van der Waals surface area contributed by atoms with Gasteiger partial charge in [0.05, 0.1) is 18.0 Å². The lowest BCUT2D eigenvalue weighted by molar-refractivity contribution is 0.169. The van der Waals surface area contributed by atoms with Crippen molar-refractivity contribution in [1.29, 1.82) is 0 Å². The Labute approximate surface area is 158 Å². The van der Waals surface area contributed by atoms with Gasteiger partial charge in [0.1, 0.15) is 17.1 Å². The molecule has 5 unspecified atom stereocenters. The van der Waals surface area contributed by atoms with Crippen LogP contribution in [0.3, 0.4) is 0 Å². The summed E-state index contributed by atoms with van der Waals surface area (Å²) in [4.78, 5) is 28.4. The standard InChI is InChI=1S/C18H24F2N4O4/c1-7-14-12(17(27)22-18(28)24(14)8-2-3-8)16(26)13(20)15(7)23-4-9(10(19)5-23)11(21)6-25/h8-11,13,15,25-26H,2-6,21H2,1H3,(H,22,27,28). The second-order valence-corrected chi connectivity index (χ2v) is 7.98. The summed E-state index contributed by atoms with van der Waals surface area (Å²) in [5.74, 6) is -1.41. The number of alkyl halides is 2. The normalized spacial score (nSPS) is 31.9. The lowest BCUT2D eigenvalue weighted by Crippen LogP contribution is -2.61. The van der Waals surface area contributed by atoms with Gasteiger partial charge in [-0.25, -0.2) is 13.6 Å². The first-order valence-electron chi connectivity index (χ1n) is 9.43. The lowest BCUT2D eigenvalue weighted by atomic mass is 9.94. The van der Waals surface area contributed by atoms with Crippen molar-refractivity contribution in [2.24, 2.45) is 11.7 Å². The first kappa shape index (κ1) is 19.3. The van der Waals surface area contributed by atoms with E-state index in [1.165, 1.54) is 9.47 Å². The molecule has 0 aromatic carbocycles. The third-order valence-electron chi connectivity index (χ3n) is 6.14. The first-order chi connectivity index (χ1) is 13.3. The number of hydrogen-bond acceptors (Lipinski definition) is 6. The van der Waals surface area contributed by atoms with Gasteiger partial charge in [0.25, 0.3) is 5.56 Å². The molecule has 2 fully saturated rings. The molecule has 1 aliphatic heterocycles. The molecule has 10 heteroatoms. The van der Waals surface area contributed by atoms with E-state index in [1.807, 2.05) is 0 Å². The van der Waals surface area contributed by atoms with Crippen LogP contribution in [0, 0.1) is 5.92 Å². The van der Waals surface area contributed by atoms with Crippen LogP contribution in [0.1, 0.15) is 25.8 Å². The third-order valence-corrected chi connectivity index (χ3v) is 6.14. The molecule has 3 aliphatic rings. The number of fused-ring (bicyclic) bond motifs is 1. The molecule has 8 nitrogen and oxygen atoms in total. The molecule has 0 spiro atoms. The summed E-state index contributed by atoms with van der Waals surface area (Å²) >= 11 is 0. The zero-order valence-electron chi connectivity index (χ0n) is 15.4. The quantitative estimate of drug-likeness (QED) is 0.466. The molecule has 0 amide bonds. The van der Waals surface area contributed by atoms with Crippen molar-refractivity contribution < 1.29 is 19.0 Å². The molecule has 1 aromatic heterocycles. The zero-order valence-corrected chi connectivity index (χ0v) is 15.4. The predicted octanol–water partition coefficient (Wildman–Crippen LogP) is -1.98. The average molecular weight is 398 g/mol. The third kappa shape index (κ3) is 2.82. The summed E-state index contributed by atoms with van der Waals surface area (Å²) in [5, 5.41) is 19.7. The first-order valence-corrected chi connectivity index (χ1v) is 9.43. The summed E-state index contributed by atoms with van der Waals surface area (Å²) in [6.45, 7) is 1.21. The Hall–Kier alpha value is -2.04. The van der Waals surface area contributed by atoms with E-state index in [9.17, 15) is 24.2 Å². The zero-order chi connectivity index (χ0) is 20.3. The summed E-state index contributed by atoms with van der Waals surface area (Å²) in [6.07, 6.45) is -1.79. The number of aromatic nitrogens is 2. The number of nitrogens with two attached hydrogens (primary N) is 1. The second-order valence-electron chi connectivity index (χ2n) is 7.98. The molecule has 5 atom stereocenters. The maximum atomic E-state index is 15.2. The predicted molar refractivity (Wildman–Crippen MR) is 97.7 cm³/mol. The molecule has 4 rings (SSSR count). The van der Waals surface area contributed by atoms with Crippen molar-refractivity contribution in [2.45, 2.75) is 50.2 Å². The number of aromatic amines is 1. The molecule has 1 aromatic rings. The summed E-state index contributed by atoms with van der Waals surface area (Å²) < 4.78 is 31.1. The van der Waals surface area contributed by atoms with Gasteiger partial charge in [-0.3, -0.25) is 19.2 Å². The van der Waals surface area contributed by atoms with E-state index in [4.69, 9.17) is 5.73 Å². The van der Waals surface area contributed by atoms with E-state index in [2.05, 4.69) is 4.98 Å². The van der Waals surface area contributed by atoms with Crippen molar-refractivity contribution >= 4 is 11.3 Å². The maximum absolute atomic E-state index is 15.2. The van der Waals surface area contributed by atoms with Crippen molar-refractivity contribution in [1.82, 2.24) is 14.5 Å². The molecular formula is C18H24F2N4O4. The summed E-state index contributed by atoms with van der Waals surface area (Å²) in [6, 6.07) is -1.91. The number of aliphatic hydroxyl groups is 2. The SMILES string of the molecule is CC1=c2c(c(=O)[nH]c(=O)n2C2CC2)=C(O)C(F)C1N1CC(F)C(C(N)CO)C1. The van der Waals surface area contributed by atoms with Gasteiger partial charge in [-0.2, -0.15) is 0 Å². The molecule has 2 heterocycles. The highest BCUT2D eigenvalue weighted by atomic mass is 19.1. The van der Waals surface area contributed by atoms with Crippen LogP contribution >= 0.6 is 0 Å². The van der Waals surface area contributed by atoms with Crippen LogP contribution in [-0.2, 0) is 0 Å². The fraction of sp³-hybridized carbons (Fsp3) is 0.667. The Balaban J connectivity index is 1.88. The van der Waals surface area contributed by atoms with E-state index >= 15 is 4.39 Å². The number of halogens is 2. The van der Waals surface area contributed by atoms with Crippen LogP contribution in [0.2, 0.25) is 0 Å². The van der Waals surface area contributed by atoms with Crippen LogP contribution in [-0.4, -0.2) is 68.8 Å². The molecule has 1 saturated heterocycles.